The smallest absolute Gasteiger partial charge is 0.238 e. The Kier molecular flexibility index (Phi) is 5.16. The molecule has 0 radical (unpaired) electrons. The Morgan fingerprint density at radius 2 is 2.11 bits per heavy atom. The van der Waals surface area contributed by atoms with E-state index < -0.39 is 26.5 Å². The van der Waals surface area contributed by atoms with Crippen LogP contribution in [-0.2, 0) is 14.6 Å². The minimum atomic E-state index is -3.29. The number of sulfone groups is 1. The molecule has 1 fully saturated rings. The number of rotatable bonds is 5. The van der Waals surface area contributed by atoms with Crippen molar-refractivity contribution in [1.29, 1.82) is 0 Å². The Balaban J connectivity index is 2.75. The van der Waals surface area contributed by atoms with Crippen LogP contribution in [-0.4, -0.2) is 42.6 Å². The molecule has 106 valence electrons. The highest BCUT2D eigenvalue weighted by molar-refractivity contribution is 7.92. The molecule has 2 unspecified atom stereocenters. The number of hydrogen-bond donors (Lipinski definition) is 2. The Hall–Kier alpha value is -0.620. The molecule has 0 aliphatic carbocycles. The van der Waals surface area contributed by atoms with Gasteiger partial charge in [-0.15, -0.1) is 0 Å². The largest absolute Gasteiger partial charge is 0.396 e. The van der Waals surface area contributed by atoms with Crippen molar-refractivity contribution in [1.82, 2.24) is 5.32 Å². The van der Waals surface area contributed by atoms with Gasteiger partial charge in [0, 0.05) is 12.1 Å². The first-order chi connectivity index (χ1) is 8.34. The van der Waals surface area contributed by atoms with Gasteiger partial charge in [0.1, 0.15) is 5.25 Å². The zero-order valence-corrected chi connectivity index (χ0v) is 11.9. The number of aliphatic hydroxyl groups is 1. The molecule has 0 aromatic carbocycles. The monoisotopic (exact) mass is 277 g/mol. The van der Waals surface area contributed by atoms with Gasteiger partial charge >= 0.3 is 0 Å². The highest BCUT2D eigenvalue weighted by Crippen LogP contribution is 2.22. The van der Waals surface area contributed by atoms with Gasteiger partial charge in [-0.3, -0.25) is 4.79 Å². The maximum absolute atomic E-state index is 12.1. The van der Waals surface area contributed by atoms with Crippen LogP contribution >= 0.6 is 0 Å². The summed E-state index contributed by atoms with van der Waals surface area (Å²) < 4.78 is 23.7. The molecular weight excluding hydrogens is 254 g/mol. The summed E-state index contributed by atoms with van der Waals surface area (Å²) >= 11 is 0. The summed E-state index contributed by atoms with van der Waals surface area (Å²) in [6, 6.07) is 0. The van der Waals surface area contributed by atoms with Crippen molar-refractivity contribution in [2.45, 2.75) is 56.7 Å². The average molecular weight is 277 g/mol. The van der Waals surface area contributed by atoms with Crippen LogP contribution in [0, 0.1) is 0 Å². The van der Waals surface area contributed by atoms with E-state index in [-0.39, 0.29) is 12.4 Å². The maximum Gasteiger partial charge on any atom is 0.238 e. The van der Waals surface area contributed by atoms with E-state index in [0.29, 0.717) is 25.7 Å². The number of carbonyl (C=O) groups excluding carboxylic acids is 1. The van der Waals surface area contributed by atoms with Crippen molar-refractivity contribution >= 4 is 15.7 Å². The van der Waals surface area contributed by atoms with Crippen LogP contribution in [0.5, 0.6) is 0 Å². The average Bonchev–Trinajstić information content (AvgIpc) is 2.28. The van der Waals surface area contributed by atoms with Crippen molar-refractivity contribution < 1.29 is 18.3 Å². The van der Waals surface area contributed by atoms with Gasteiger partial charge in [-0.2, -0.15) is 0 Å². The predicted octanol–water partition coefficient (Wildman–Crippen LogP) is 0.621. The van der Waals surface area contributed by atoms with E-state index >= 15 is 0 Å². The lowest BCUT2D eigenvalue weighted by molar-refractivity contribution is -0.122. The van der Waals surface area contributed by atoms with Crippen LogP contribution in [0.15, 0.2) is 0 Å². The Labute approximate surface area is 109 Å². The Bertz CT molecular complexity index is 393. The van der Waals surface area contributed by atoms with Gasteiger partial charge in [-0.05, 0) is 32.6 Å². The molecule has 0 bridgehead atoms. The van der Waals surface area contributed by atoms with Crippen LogP contribution in [0.2, 0.25) is 0 Å². The van der Waals surface area contributed by atoms with E-state index in [4.69, 9.17) is 5.11 Å². The lowest BCUT2D eigenvalue weighted by atomic mass is 9.94. The fourth-order valence-electron chi connectivity index (χ4n) is 2.20. The molecule has 6 heteroatoms. The van der Waals surface area contributed by atoms with E-state index in [9.17, 15) is 13.2 Å². The third-order valence-corrected chi connectivity index (χ3v) is 5.91. The molecule has 18 heavy (non-hydrogen) atoms. The molecule has 0 aromatic heterocycles. The fourth-order valence-corrected chi connectivity index (χ4v) is 4.00. The first-order valence-electron chi connectivity index (χ1n) is 6.49. The van der Waals surface area contributed by atoms with E-state index in [1.54, 1.807) is 0 Å². The van der Waals surface area contributed by atoms with E-state index in [2.05, 4.69) is 5.32 Å². The van der Waals surface area contributed by atoms with Crippen LogP contribution < -0.4 is 5.32 Å². The molecule has 0 saturated carbocycles. The summed E-state index contributed by atoms with van der Waals surface area (Å²) in [6.07, 6.45) is 2.93. The zero-order chi connectivity index (χ0) is 13.8. The summed E-state index contributed by atoms with van der Waals surface area (Å²) in [5.41, 5.74) is -0.529. The second-order valence-electron chi connectivity index (χ2n) is 5.23. The summed E-state index contributed by atoms with van der Waals surface area (Å²) in [6.45, 7) is 3.71. The van der Waals surface area contributed by atoms with E-state index in [1.165, 1.54) is 0 Å². The highest BCUT2D eigenvalue weighted by Gasteiger charge is 2.37. The van der Waals surface area contributed by atoms with Crippen molar-refractivity contribution in [2.75, 3.05) is 12.4 Å². The van der Waals surface area contributed by atoms with Crippen molar-refractivity contribution in [2.24, 2.45) is 0 Å². The third kappa shape index (κ3) is 3.68. The van der Waals surface area contributed by atoms with Gasteiger partial charge in [-0.1, -0.05) is 13.3 Å². The van der Waals surface area contributed by atoms with Gasteiger partial charge in [0.15, 0.2) is 9.84 Å². The van der Waals surface area contributed by atoms with Crippen molar-refractivity contribution in [3.05, 3.63) is 0 Å². The number of amides is 1. The summed E-state index contributed by atoms with van der Waals surface area (Å²) in [4.78, 5) is 12.1. The number of aliphatic hydroxyl groups excluding tert-OH is 1. The van der Waals surface area contributed by atoms with Gasteiger partial charge in [0.05, 0.1) is 5.75 Å². The van der Waals surface area contributed by atoms with Gasteiger partial charge in [0.2, 0.25) is 5.91 Å². The molecule has 5 nitrogen and oxygen atoms in total. The molecule has 0 aromatic rings. The minimum Gasteiger partial charge on any atom is -0.396 e. The fraction of sp³-hybridized carbons (Fsp3) is 0.917. The quantitative estimate of drug-likeness (QED) is 0.771. The molecule has 0 spiro atoms. The lowest BCUT2D eigenvalue weighted by Gasteiger charge is -2.32. The normalized spacial score (nSPS) is 26.3. The van der Waals surface area contributed by atoms with Gasteiger partial charge < -0.3 is 10.4 Å². The second kappa shape index (κ2) is 6.02. The van der Waals surface area contributed by atoms with Crippen LogP contribution in [0.4, 0.5) is 0 Å². The first-order valence-corrected chi connectivity index (χ1v) is 8.20. The molecule has 1 amide bonds. The standard InChI is InChI=1S/C12H23NO4S/c1-3-12(2,7-8-14)13-11(15)10-6-4-5-9-18(10,16)17/h10,14H,3-9H2,1-2H3,(H,13,15). The van der Waals surface area contributed by atoms with Crippen LogP contribution in [0.3, 0.4) is 0 Å². The first kappa shape index (κ1) is 15.4. The maximum atomic E-state index is 12.1. The molecule has 1 aliphatic heterocycles. The second-order valence-corrected chi connectivity index (χ2v) is 7.53. The Morgan fingerprint density at radius 1 is 1.44 bits per heavy atom. The molecule has 1 aliphatic rings. The molecular formula is C12H23NO4S. The van der Waals surface area contributed by atoms with Gasteiger partial charge in [0.25, 0.3) is 0 Å². The molecule has 2 atom stereocenters. The third-order valence-electron chi connectivity index (χ3n) is 3.74. The van der Waals surface area contributed by atoms with Gasteiger partial charge in [-0.25, -0.2) is 8.42 Å². The molecule has 1 heterocycles. The van der Waals surface area contributed by atoms with Crippen molar-refractivity contribution in [3.8, 4) is 0 Å². The molecule has 2 N–H and O–H groups in total. The van der Waals surface area contributed by atoms with Crippen LogP contribution in [0.1, 0.15) is 46.0 Å². The number of hydrogen-bond acceptors (Lipinski definition) is 4. The van der Waals surface area contributed by atoms with E-state index in [1.807, 2.05) is 13.8 Å². The number of nitrogens with one attached hydrogen (secondary N) is 1. The predicted molar refractivity (Wildman–Crippen MR) is 70.0 cm³/mol. The van der Waals surface area contributed by atoms with Crippen LogP contribution in [0.25, 0.3) is 0 Å². The number of carbonyl (C=O) groups is 1. The lowest BCUT2D eigenvalue weighted by Crippen LogP contribution is -2.52. The Morgan fingerprint density at radius 3 is 2.61 bits per heavy atom. The summed E-state index contributed by atoms with van der Waals surface area (Å²) in [5, 5.41) is 10.9. The SMILES string of the molecule is CCC(C)(CCO)NC(=O)C1CCCCS1(=O)=O. The molecule has 1 saturated heterocycles. The molecule has 1 rings (SSSR count). The van der Waals surface area contributed by atoms with Crippen molar-refractivity contribution in [3.63, 3.8) is 0 Å². The summed E-state index contributed by atoms with van der Waals surface area (Å²) in [5.74, 6) is -0.305. The minimum absolute atomic E-state index is 0.0258. The van der Waals surface area contributed by atoms with E-state index in [0.717, 1.165) is 6.42 Å². The topological polar surface area (TPSA) is 83.5 Å². The highest BCUT2D eigenvalue weighted by atomic mass is 32.2. The summed E-state index contributed by atoms with van der Waals surface area (Å²) in [7, 11) is -3.29. The zero-order valence-electron chi connectivity index (χ0n) is 11.1.